The zero-order chi connectivity index (χ0) is 15.1. The third kappa shape index (κ3) is 2.63. The fourth-order valence-electron chi connectivity index (χ4n) is 4.02. The highest BCUT2D eigenvalue weighted by atomic mass is 32.1. The van der Waals surface area contributed by atoms with E-state index >= 15 is 0 Å². The number of nitrogens with one attached hydrogen (secondary N) is 1. The Bertz CT molecular complexity index is 620. The molecule has 1 aliphatic carbocycles. The molecule has 5 nitrogen and oxygen atoms in total. The van der Waals surface area contributed by atoms with Gasteiger partial charge in [-0.3, -0.25) is 0 Å². The topological polar surface area (TPSA) is 46.0 Å². The van der Waals surface area contributed by atoms with Crippen LogP contribution in [0.1, 0.15) is 37.8 Å². The predicted molar refractivity (Wildman–Crippen MR) is 91.5 cm³/mol. The van der Waals surface area contributed by atoms with Crippen molar-refractivity contribution in [1.29, 1.82) is 0 Å². The third-order valence-electron chi connectivity index (χ3n) is 5.24. The van der Waals surface area contributed by atoms with Crippen LogP contribution in [0, 0.1) is 12.8 Å². The molecule has 2 fully saturated rings. The molecule has 22 heavy (non-hydrogen) atoms. The Labute approximate surface area is 135 Å². The molecule has 120 valence electrons. The molecule has 1 atom stereocenters. The van der Waals surface area contributed by atoms with Gasteiger partial charge in [0.1, 0.15) is 0 Å². The molecule has 2 aromatic heterocycles. The van der Waals surface area contributed by atoms with Crippen LogP contribution >= 0.6 is 11.3 Å². The van der Waals surface area contributed by atoms with E-state index in [0.29, 0.717) is 0 Å². The van der Waals surface area contributed by atoms with Crippen molar-refractivity contribution >= 4 is 26.8 Å². The Hall–Kier alpha value is -1.14. The van der Waals surface area contributed by atoms with Crippen molar-refractivity contribution in [3.8, 4) is 0 Å². The lowest BCUT2D eigenvalue weighted by atomic mass is 10.1. The van der Waals surface area contributed by atoms with E-state index in [4.69, 9.17) is 0 Å². The highest BCUT2D eigenvalue weighted by Gasteiger charge is 2.29. The van der Waals surface area contributed by atoms with Gasteiger partial charge in [0.15, 0.2) is 10.8 Å². The Morgan fingerprint density at radius 2 is 2.09 bits per heavy atom. The van der Waals surface area contributed by atoms with Crippen molar-refractivity contribution in [2.75, 3.05) is 25.0 Å². The second-order valence-corrected chi connectivity index (χ2v) is 7.85. The standard InChI is InChI=1S/C16H25N5S/c1-11-14-15(20(2)19-11)18-16(22-14)17-9-12-7-8-21(10-12)13-5-3-4-6-13/h12-13H,3-10H2,1-2H3,(H,17,18). The molecule has 0 aromatic carbocycles. The summed E-state index contributed by atoms with van der Waals surface area (Å²) in [5.74, 6) is 0.770. The average molecular weight is 319 g/mol. The number of aromatic nitrogens is 3. The van der Waals surface area contributed by atoms with Crippen LogP contribution in [-0.2, 0) is 7.05 Å². The van der Waals surface area contributed by atoms with Crippen LogP contribution in [-0.4, -0.2) is 45.3 Å². The van der Waals surface area contributed by atoms with Crippen LogP contribution < -0.4 is 5.32 Å². The monoisotopic (exact) mass is 319 g/mol. The molecule has 2 aliphatic rings. The molecule has 3 heterocycles. The van der Waals surface area contributed by atoms with Crippen LogP contribution in [0.3, 0.4) is 0 Å². The van der Waals surface area contributed by atoms with E-state index in [9.17, 15) is 0 Å². The number of fused-ring (bicyclic) bond motifs is 1. The fourth-order valence-corrected chi connectivity index (χ4v) is 4.96. The zero-order valence-corrected chi connectivity index (χ0v) is 14.3. The molecular formula is C16H25N5S. The normalized spacial score (nSPS) is 23.8. The summed E-state index contributed by atoms with van der Waals surface area (Å²) in [5, 5.41) is 9.03. The van der Waals surface area contributed by atoms with Gasteiger partial charge in [0, 0.05) is 26.2 Å². The number of nitrogens with zero attached hydrogens (tertiary/aromatic N) is 4. The Morgan fingerprint density at radius 3 is 2.86 bits per heavy atom. The van der Waals surface area contributed by atoms with Gasteiger partial charge in [0.25, 0.3) is 0 Å². The van der Waals surface area contributed by atoms with Crippen molar-refractivity contribution in [2.45, 2.75) is 45.1 Å². The lowest BCUT2D eigenvalue weighted by Crippen LogP contribution is -2.31. The summed E-state index contributed by atoms with van der Waals surface area (Å²) in [6, 6.07) is 0.876. The minimum atomic E-state index is 0.770. The summed E-state index contributed by atoms with van der Waals surface area (Å²) >= 11 is 1.74. The first kappa shape index (κ1) is 14.5. The van der Waals surface area contributed by atoms with Gasteiger partial charge < -0.3 is 10.2 Å². The summed E-state index contributed by atoms with van der Waals surface area (Å²) in [6.45, 7) is 5.67. The first-order valence-electron chi connectivity index (χ1n) is 8.49. The Balaban J connectivity index is 1.35. The summed E-state index contributed by atoms with van der Waals surface area (Å²) < 4.78 is 3.09. The number of rotatable bonds is 4. The molecule has 0 bridgehead atoms. The average Bonchev–Trinajstić information content (AvgIpc) is 3.24. The summed E-state index contributed by atoms with van der Waals surface area (Å²) in [6.07, 6.45) is 7.04. The number of thiazole rings is 1. The molecule has 1 unspecified atom stereocenters. The zero-order valence-electron chi connectivity index (χ0n) is 13.5. The van der Waals surface area contributed by atoms with Gasteiger partial charge in [-0.25, -0.2) is 9.67 Å². The van der Waals surface area contributed by atoms with Gasteiger partial charge >= 0.3 is 0 Å². The lowest BCUT2D eigenvalue weighted by Gasteiger charge is -2.23. The van der Waals surface area contributed by atoms with E-state index in [1.807, 2.05) is 11.7 Å². The van der Waals surface area contributed by atoms with Crippen molar-refractivity contribution in [3.05, 3.63) is 5.69 Å². The maximum absolute atomic E-state index is 4.68. The molecule has 4 rings (SSSR count). The second-order valence-electron chi connectivity index (χ2n) is 6.85. The number of likely N-dealkylation sites (tertiary alicyclic amines) is 1. The predicted octanol–water partition coefficient (Wildman–Crippen LogP) is 3.01. The molecular weight excluding hydrogens is 294 g/mol. The van der Waals surface area contributed by atoms with Gasteiger partial charge in [-0.05, 0) is 38.6 Å². The number of aryl methyl sites for hydroxylation is 2. The summed E-state index contributed by atoms with van der Waals surface area (Å²) in [4.78, 5) is 7.41. The molecule has 2 aromatic rings. The summed E-state index contributed by atoms with van der Waals surface area (Å²) in [5.41, 5.74) is 2.08. The van der Waals surface area contributed by atoms with Crippen LogP contribution in [0.4, 0.5) is 5.13 Å². The van der Waals surface area contributed by atoms with E-state index < -0.39 is 0 Å². The van der Waals surface area contributed by atoms with E-state index in [1.54, 1.807) is 11.3 Å². The molecule has 0 amide bonds. The maximum Gasteiger partial charge on any atom is 0.185 e. The van der Waals surface area contributed by atoms with E-state index in [1.165, 1.54) is 49.9 Å². The SMILES string of the molecule is Cc1nn(C)c2nc(NCC3CCN(C4CCCC4)C3)sc12. The van der Waals surface area contributed by atoms with Crippen LogP contribution in [0.2, 0.25) is 0 Å². The van der Waals surface area contributed by atoms with Gasteiger partial charge in [-0.1, -0.05) is 24.2 Å². The highest BCUT2D eigenvalue weighted by molar-refractivity contribution is 7.22. The quantitative estimate of drug-likeness (QED) is 0.941. The fraction of sp³-hybridized carbons (Fsp3) is 0.750. The molecule has 6 heteroatoms. The first-order valence-corrected chi connectivity index (χ1v) is 9.30. The second kappa shape index (κ2) is 5.81. The van der Waals surface area contributed by atoms with Crippen LogP contribution in [0.15, 0.2) is 0 Å². The maximum atomic E-state index is 4.68. The van der Waals surface area contributed by atoms with Crippen molar-refractivity contribution in [1.82, 2.24) is 19.7 Å². The number of hydrogen-bond acceptors (Lipinski definition) is 5. The van der Waals surface area contributed by atoms with Gasteiger partial charge in [0.2, 0.25) is 0 Å². The smallest absolute Gasteiger partial charge is 0.185 e. The Kier molecular flexibility index (Phi) is 3.82. The molecule has 1 N–H and O–H groups in total. The minimum absolute atomic E-state index is 0.770. The van der Waals surface area contributed by atoms with E-state index in [2.05, 4.69) is 27.2 Å². The van der Waals surface area contributed by atoms with Gasteiger partial charge in [-0.15, -0.1) is 0 Å². The van der Waals surface area contributed by atoms with Gasteiger partial charge in [-0.2, -0.15) is 5.10 Å². The number of anilines is 1. The first-order chi connectivity index (χ1) is 10.7. The van der Waals surface area contributed by atoms with Crippen molar-refractivity contribution in [3.63, 3.8) is 0 Å². The number of hydrogen-bond donors (Lipinski definition) is 1. The molecule has 0 spiro atoms. The molecule has 1 aliphatic heterocycles. The van der Waals surface area contributed by atoms with E-state index in [-0.39, 0.29) is 0 Å². The summed E-state index contributed by atoms with van der Waals surface area (Å²) in [7, 11) is 1.97. The highest BCUT2D eigenvalue weighted by Crippen LogP contribution is 2.30. The van der Waals surface area contributed by atoms with Gasteiger partial charge in [0.05, 0.1) is 10.4 Å². The Morgan fingerprint density at radius 1 is 1.27 bits per heavy atom. The minimum Gasteiger partial charge on any atom is -0.361 e. The molecule has 1 saturated carbocycles. The molecule has 0 radical (unpaired) electrons. The van der Waals surface area contributed by atoms with Crippen molar-refractivity contribution < 1.29 is 0 Å². The van der Waals surface area contributed by atoms with E-state index in [0.717, 1.165) is 35.0 Å². The van der Waals surface area contributed by atoms with Crippen LogP contribution in [0.5, 0.6) is 0 Å². The largest absolute Gasteiger partial charge is 0.361 e. The van der Waals surface area contributed by atoms with Crippen molar-refractivity contribution in [2.24, 2.45) is 13.0 Å². The molecule has 1 saturated heterocycles. The van der Waals surface area contributed by atoms with Crippen LogP contribution in [0.25, 0.3) is 10.3 Å². The third-order valence-corrected chi connectivity index (χ3v) is 6.36. The lowest BCUT2D eigenvalue weighted by molar-refractivity contribution is 0.238.